The molecule has 0 spiro atoms. The smallest absolute Gasteiger partial charge is 0.170 e. The van der Waals surface area contributed by atoms with E-state index in [0.717, 1.165) is 36.3 Å². The van der Waals surface area contributed by atoms with Crippen LogP contribution in [0.3, 0.4) is 0 Å². The number of ketones is 1. The minimum atomic E-state index is -0.799. The van der Waals surface area contributed by atoms with Crippen LogP contribution in [0.5, 0.6) is 5.75 Å². The molecule has 1 atom stereocenters. The van der Waals surface area contributed by atoms with E-state index in [1.54, 1.807) is 12.4 Å². The maximum atomic E-state index is 14.2. The molecule has 1 saturated heterocycles. The van der Waals surface area contributed by atoms with E-state index in [-0.39, 0.29) is 16.8 Å². The number of fused-ring (bicyclic) bond motifs is 1. The number of nitrogens with zero attached hydrogens (tertiary/aromatic N) is 4. The van der Waals surface area contributed by atoms with Gasteiger partial charge in [0, 0.05) is 30.4 Å². The number of aromatic nitrogens is 3. The lowest BCUT2D eigenvalue weighted by atomic mass is 9.98. The summed E-state index contributed by atoms with van der Waals surface area (Å²) in [6, 6.07) is 8.42. The van der Waals surface area contributed by atoms with Crippen LogP contribution in [0.1, 0.15) is 23.7 Å². The van der Waals surface area contributed by atoms with Crippen molar-refractivity contribution in [3.63, 3.8) is 0 Å². The first-order valence-electron chi connectivity index (χ1n) is 10.9. The number of carbonyl (C=O) groups excluding carboxylic acids is 1. The highest BCUT2D eigenvalue weighted by molar-refractivity contribution is 6.32. The number of anilines is 2. The molecule has 1 fully saturated rings. The molecule has 0 aliphatic carbocycles. The lowest BCUT2D eigenvalue weighted by Gasteiger charge is -2.32. The van der Waals surface area contributed by atoms with E-state index in [4.69, 9.17) is 11.6 Å². The van der Waals surface area contributed by atoms with Gasteiger partial charge in [-0.05, 0) is 62.3 Å². The monoisotopic (exact) mass is 479 g/mol. The zero-order valence-electron chi connectivity index (χ0n) is 18.7. The van der Waals surface area contributed by atoms with Crippen molar-refractivity contribution in [2.24, 2.45) is 0 Å². The van der Waals surface area contributed by atoms with Crippen LogP contribution in [0.15, 0.2) is 48.9 Å². The summed E-state index contributed by atoms with van der Waals surface area (Å²) in [7, 11) is 2.07. The molecule has 7 nitrogen and oxygen atoms in total. The Morgan fingerprint density at radius 1 is 1.26 bits per heavy atom. The SMILES string of the molecule is CC(=O)c1cnc2ccc(-c3cc(F)c(O)c(Cl)c3)cc2c1N(c1cn[nH]c1)C1CCN(C)C1. The maximum absolute atomic E-state index is 14.2. The van der Waals surface area contributed by atoms with Crippen molar-refractivity contribution in [1.82, 2.24) is 20.1 Å². The number of nitrogens with one attached hydrogen (secondary N) is 1. The number of phenolic OH excluding ortho intramolecular Hbond substituents is 1. The Balaban J connectivity index is 1.77. The van der Waals surface area contributed by atoms with Gasteiger partial charge in [0.25, 0.3) is 0 Å². The van der Waals surface area contributed by atoms with Gasteiger partial charge in [0.2, 0.25) is 0 Å². The number of halogens is 2. The van der Waals surface area contributed by atoms with Crippen LogP contribution in [0.2, 0.25) is 5.02 Å². The van der Waals surface area contributed by atoms with Crippen molar-refractivity contribution in [2.45, 2.75) is 19.4 Å². The third-order valence-corrected chi connectivity index (χ3v) is 6.59. The second kappa shape index (κ2) is 8.70. The quantitative estimate of drug-likeness (QED) is 0.384. The highest BCUT2D eigenvalue weighted by atomic mass is 35.5. The number of H-pyrrole nitrogens is 1. The lowest BCUT2D eigenvalue weighted by Crippen LogP contribution is -2.34. The number of carbonyl (C=O) groups is 1. The molecule has 1 aliphatic rings. The van der Waals surface area contributed by atoms with Crippen molar-refractivity contribution in [1.29, 1.82) is 0 Å². The number of benzene rings is 2. The first-order valence-corrected chi connectivity index (χ1v) is 11.3. The highest BCUT2D eigenvalue weighted by Gasteiger charge is 2.31. The fourth-order valence-corrected chi connectivity index (χ4v) is 4.84. The van der Waals surface area contributed by atoms with E-state index in [1.807, 2.05) is 24.4 Å². The predicted molar refractivity (Wildman–Crippen MR) is 130 cm³/mol. The van der Waals surface area contributed by atoms with Gasteiger partial charge >= 0.3 is 0 Å². The minimum Gasteiger partial charge on any atom is -0.504 e. The maximum Gasteiger partial charge on any atom is 0.170 e. The third kappa shape index (κ3) is 3.89. The van der Waals surface area contributed by atoms with Gasteiger partial charge in [-0.3, -0.25) is 14.9 Å². The normalized spacial score (nSPS) is 16.3. The molecule has 1 unspecified atom stereocenters. The zero-order valence-corrected chi connectivity index (χ0v) is 19.5. The second-order valence-electron chi connectivity index (χ2n) is 8.63. The number of hydrogen-bond donors (Lipinski definition) is 2. The predicted octanol–water partition coefficient (Wildman–Crippen LogP) is 5.17. The summed E-state index contributed by atoms with van der Waals surface area (Å²) in [5.41, 5.74) is 3.99. The van der Waals surface area contributed by atoms with E-state index in [2.05, 4.69) is 32.0 Å². The fraction of sp³-hybridized carbons (Fsp3) is 0.240. The molecule has 0 amide bonds. The summed E-state index contributed by atoms with van der Waals surface area (Å²) < 4.78 is 14.2. The molecule has 34 heavy (non-hydrogen) atoms. The highest BCUT2D eigenvalue weighted by Crippen LogP contribution is 2.40. The Hall–Kier alpha value is -3.49. The molecule has 2 aromatic heterocycles. The number of rotatable bonds is 5. The van der Waals surface area contributed by atoms with Crippen molar-refractivity contribution < 1.29 is 14.3 Å². The van der Waals surface area contributed by atoms with Gasteiger partial charge in [0.15, 0.2) is 17.3 Å². The standard InChI is InChI=1S/C25H23ClFN5O2/c1-14(33)20-12-28-23-4-3-15(16-8-21(26)25(34)22(27)9-16)7-19(23)24(20)32(18-10-29-30-11-18)17-5-6-31(2)13-17/h3-4,7-12,17,34H,5-6,13H2,1-2H3,(H,29,30). The van der Waals surface area contributed by atoms with Crippen LogP contribution >= 0.6 is 11.6 Å². The zero-order chi connectivity index (χ0) is 24.0. The molecule has 3 heterocycles. The van der Waals surface area contributed by atoms with Crippen LogP contribution in [0.4, 0.5) is 15.8 Å². The van der Waals surface area contributed by atoms with Crippen molar-refractivity contribution in [3.05, 3.63) is 65.3 Å². The molecule has 174 valence electrons. The number of aromatic amines is 1. The Morgan fingerprint density at radius 2 is 2.09 bits per heavy atom. The molecular weight excluding hydrogens is 457 g/mol. The van der Waals surface area contributed by atoms with Crippen LogP contribution in [-0.2, 0) is 0 Å². The van der Waals surface area contributed by atoms with Crippen LogP contribution in [-0.4, -0.2) is 57.2 Å². The molecule has 4 aromatic rings. The van der Waals surface area contributed by atoms with E-state index >= 15 is 0 Å². The van der Waals surface area contributed by atoms with Gasteiger partial charge in [0.05, 0.1) is 33.7 Å². The van der Waals surface area contributed by atoms with Gasteiger partial charge < -0.3 is 14.9 Å². The molecule has 1 aliphatic heterocycles. The van der Waals surface area contributed by atoms with E-state index in [1.165, 1.54) is 19.1 Å². The molecule has 5 rings (SSSR count). The molecule has 0 saturated carbocycles. The average Bonchev–Trinajstić information content (AvgIpc) is 3.49. The van der Waals surface area contributed by atoms with Gasteiger partial charge in [-0.1, -0.05) is 17.7 Å². The topological polar surface area (TPSA) is 85.3 Å². The molecular formula is C25H23ClFN5O2. The average molecular weight is 480 g/mol. The van der Waals surface area contributed by atoms with Gasteiger partial charge in [-0.25, -0.2) is 4.39 Å². The largest absolute Gasteiger partial charge is 0.504 e. The first kappa shape index (κ1) is 22.3. The summed E-state index contributed by atoms with van der Waals surface area (Å²) in [4.78, 5) is 21.7. The Bertz CT molecular complexity index is 1370. The van der Waals surface area contributed by atoms with E-state index in [0.29, 0.717) is 22.2 Å². The number of likely N-dealkylation sites (tertiary alicyclic amines) is 1. The minimum absolute atomic E-state index is 0.0695. The summed E-state index contributed by atoms with van der Waals surface area (Å²) in [6.07, 6.45) is 6.09. The van der Waals surface area contributed by atoms with Crippen molar-refractivity contribution in [2.75, 3.05) is 25.0 Å². The Morgan fingerprint density at radius 3 is 2.74 bits per heavy atom. The molecule has 9 heteroatoms. The summed E-state index contributed by atoms with van der Waals surface area (Å²) in [5.74, 6) is -1.48. The van der Waals surface area contributed by atoms with Crippen molar-refractivity contribution in [3.8, 4) is 16.9 Å². The molecule has 0 bridgehead atoms. The summed E-state index contributed by atoms with van der Waals surface area (Å²) >= 11 is 6.03. The van der Waals surface area contributed by atoms with Gasteiger partial charge in [-0.15, -0.1) is 0 Å². The van der Waals surface area contributed by atoms with Gasteiger partial charge in [-0.2, -0.15) is 5.10 Å². The number of aromatic hydroxyl groups is 1. The van der Waals surface area contributed by atoms with E-state index < -0.39 is 11.6 Å². The van der Waals surface area contributed by atoms with E-state index in [9.17, 15) is 14.3 Å². The third-order valence-electron chi connectivity index (χ3n) is 6.30. The summed E-state index contributed by atoms with van der Waals surface area (Å²) in [6.45, 7) is 3.29. The Labute approximate surface area is 200 Å². The summed E-state index contributed by atoms with van der Waals surface area (Å²) in [5, 5.41) is 17.4. The van der Waals surface area contributed by atoms with Crippen LogP contribution in [0.25, 0.3) is 22.0 Å². The van der Waals surface area contributed by atoms with Crippen LogP contribution in [0, 0.1) is 5.82 Å². The van der Waals surface area contributed by atoms with Crippen LogP contribution < -0.4 is 4.90 Å². The Kier molecular flexibility index (Phi) is 5.71. The molecule has 2 aromatic carbocycles. The van der Waals surface area contributed by atoms with Crippen molar-refractivity contribution >= 4 is 39.7 Å². The molecule has 0 radical (unpaired) electrons. The number of phenols is 1. The first-order chi connectivity index (χ1) is 16.3. The number of likely N-dealkylation sites (N-methyl/N-ethyl adjacent to an activating group) is 1. The number of hydrogen-bond acceptors (Lipinski definition) is 6. The fourth-order valence-electron chi connectivity index (χ4n) is 4.63. The number of pyridine rings is 1. The second-order valence-corrected chi connectivity index (χ2v) is 9.04. The van der Waals surface area contributed by atoms with Gasteiger partial charge in [0.1, 0.15) is 0 Å². The lowest BCUT2D eigenvalue weighted by molar-refractivity contribution is 0.101. The number of Topliss-reactive ketones (excluding diaryl/α,β-unsaturated/α-hetero) is 1. The molecule has 2 N–H and O–H groups in total.